The molecule has 3 N–H and O–H groups in total. The standard InChI is InChI=1S/C19H32N4O2.HI/c1-14(11-12-19(2,3)4)22-17(20-5)21-13-15-7-9-16(10-8-15)23-18(24)25-6;/h7-10,14H,11-13H2,1-6H3,(H,23,24)(H2,20,21,22);1H. The molecule has 26 heavy (non-hydrogen) atoms. The quantitative estimate of drug-likeness (QED) is 0.324. The Morgan fingerprint density at radius 3 is 2.35 bits per heavy atom. The maximum atomic E-state index is 11.2. The zero-order valence-electron chi connectivity index (χ0n) is 16.7. The van der Waals surface area contributed by atoms with Gasteiger partial charge in [-0.05, 0) is 42.9 Å². The van der Waals surface area contributed by atoms with Crippen LogP contribution >= 0.6 is 24.0 Å². The van der Waals surface area contributed by atoms with E-state index in [-0.39, 0.29) is 24.0 Å². The first kappa shape index (κ1) is 24.5. The molecule has 0 radical (unpaired) electrons. The van der Waals surface area contributed by atoms with Crippen molar-refractivity contribution >= 4 is 41.7 Å². The highest BCUT2D eigenvalue weighted by Crippen LogP contribution is 2.21. The van der Waals surface area contributed by atoms with E-state index in [1.807, 2.05) is 24.3 Å². The fourth-order valence-electron chi connectivity index (χ4n) is 2.21. The zero-order valence-corrected chi connectivity index (χ0v) is 19.0. The summed E-state index contributed by atoms with van der Waals surface area (Å²) in [7, 11) is 3.11. The van der Waals surface area contributed by atoms with Gasteiger partial charge < -0.3 is 15.4 Å². The van der Waals surface area contributed by atoms with Gasteiger partial charge in [0.2, 0.25) is 0 Å². The Balaban J connectivity index is 0.00000625. The summed E-state index contributed by atoms with van der Waals surface area (Å²) in [6.45, 7) is 9.60. The molecule has 1 unspecified atom stereocenters. The van der Waals surface area contributed by atoms with Crippen LogP contribution in [-0.2, 0) is 11.3 Å². The molecule has 6 nitrogen and oxygen atoms in total. The van der Waals surface area contributed by atoms with E-state index < -0.39 is 6.09 Å². The molecule has 0 heterocycles. The lowest BCUT2D eigenvalue weighted by Crippen LogP contribution is -2.42. The number of carbonyl (C=O) groups is 1. The smallest absolute Gasteiger partial charge is 0.411 e. The van der Waals surface area contributed by atoms with Crippen molar-refractivity contribution in [2.75, 3.05) is 19.5 Å². The molecule has 1 rings (SSSR count). The van der Waals surface area contributed by atoms with Gasteiger partial charge in [0.15, 0.2) is 5.96 Å². The predicted molar refractivity (Wildman–Crippen MR) is 119 cm³/mol. The lowest BCUT2D eigenvalue weighted by Gasteiger charge is -2.23. The lowest BCUT2D eigenvalue weighted by atomic mass is 9.89. The second-order valence-electron chi connectivity index (χ2n) is 7.38. The van der Waals surface area contributed by atoms with E-state index in [9.17, 15) is 4.79 Å². The Kier molecular flexibility index (Phi) is 11.3. The molecule has 0 saturated carbocycles. The first-order valence-corrected chi connectivity index (χ1v) is 8.64. The van der Waals surface area contributed by atoms with Crippen LogP contribution in [0.25, 0.3) is 0 Å². The highest BCUT2D eigenvalue weighted by Gasteiger charge is 2.13. The van der Waals surface area contributed by atoms with E-state index in [0.29, 0.717) is 23.7 Å². The molecule has 0 aliphatic carbocycles. The minimum absolute atomic E-state index is 0. The number of amides is 1. The van der Waals surface area contributed by atoms with Gasteiger partial charge in [0.25, 0.3) is 0 Å². The molecular formula is C19H33IN4O2. The molecule has 0 aliphatic rings. The summed E-state index contributed by atoms with van der Waals surface area (Å²) < 4.78 is 4.57. The maximum Gasteiger partial charge on any atom is 0.411 e. The topological polar surface area (TPSA) is 74.8 Å². The molecule has 1 aromatic rings. The van der Waals surface area contributed by atoms with Crippen LogP contribution in [0.2, 0.25) is 0 Å². The van der Waals surface area contributed by atoms with Gasteiger partial charge >= 0.3 is 6.09 Å². The first-order chi connectivity index (χ1) is 11.7. The Morgan fingerprint density at radius 1 is 1.23 bits per heavy atom. The number of ether oxygens (including phenoxy) is 1. The van der Waals surface area contributed by atoms with E-state index in [1.54, 1.807) is 7.05 Å². The van der Waals surface area contributed by atoms with Crippen molar-refractivity contribution in [2.45, 2.75) is 53.1 Å². The van der Waals surface area contributed by atoms with Crippen LogP contribution < -0.4 is 16.0 Å². The summed E-state index contributed by atoms with van der Waals surface area (Å²) in [4.78, 5) is 15.4. The zero-order chi connectivity index (χ0) is 18.9. The molecule has 1 amide bonds. The van der Waals surface area contributed by atoms with Gasteiger partial charge in [-0.1, -0.05) is 32.9 Å². The van der Waals surface area contributed by atoms with Gasteiger partial charge in [0.1, 0.15) is 0 Å². The van der Waals surface area contributed by atoms with Crippen LogP contribution in [0.5, 0.6) is 0 Å². The summed E-state index contributed by atoms with van der Waals surface area (Å²) in [5, 5.41) is 9.36. The van der Waals surface area contributed by atoms with E-state index in [2.05, 4.69) is 53.4 Å². The highest BCUT2D eigenvalue weighted by molar-refractivity contribution is 14.0. The number of halogens is 1. The number of carbonyl (C=O) groups excluding carboxylic acids is 1. The third-order valence-electron chi connectivity index (χ3n) is 3.78. The van der Waals surface area contributed by atoms with Gasteiger partial charge in [-0.15, -0.1) is 24.0 Å². The van der Waals surface area contributed by atoms with Gasteiger partial charge in [0.05, 0.1) is 7.11 Å². The normalized spacial score (nSPS) is 12.6. The third kappa shape index (κ3) is 10.5. The molecule has 0 spiro atoms. The van der Waals surface area contributed by atoms with E-state index in [4.69, 9.17) is 0 Å². The van der Waals surface area contributed by atoms with Gasteiger partial charge in [0, 0.05) is 25.3 Å². The number of methoxy groups -OCH3 is 1. The van der Waals surface area contributed by atoms with Gasteiger partial charge in [-0.2, -0.15) is 0 Å². The van der Waals surface area contributed by atoms with Crippen molar-refractivity contribution < 1.29 is 9.53 Å². The van der Waals surface area contributed by atoms with Crippen LogP contribution in [0, 0.1) is 5.41 Å². The van der Waals surface area contributed by atoms with Gasteiger partial charge in [-0.3, -0.25) is 10.3 Å². The summed E-state index contributed by atoms with van der Waals surface area (Å²) in [6, 6.07) is 7.95. The molecule has 0 fully saturated rings. The third-order valence-corrected chi connectivity index (χ3v) is 3.78. The summed E-state index contributed by atoms with van der Waals surface area (Å²) >= 11 is 0. The molecule has 7 heteroatoms. The molecule has 1 atom stereocenters. The number of aliphatic imine (C=N–C) groups is 1. The first-order valence-electron chi connectivity index (χ1n) is 8.64. The minimum atomic E-state index is -0.472. The number of anilines is 1. The predicted octanol–water partition coefficient (Wildman–Crippen LogP) is 4.36. The summed E-state index contributed by atoms with van der Waals surface area (Å²) in [5.74, 6) is 0.790. The van der Waals surface area contributed by atoms with Crippen LogP contribution in [-0.4, -0.2) is 32.3 Å². The molecule has 0 bridgehead atoms. The van der Waals surface area contributed by atoms with Gasteiger partial charge in [-0.25, -0.2) is 4.79 Å². The van der Waals surface area contributed by atoms with E-state index in [0.717, 1.165) is 24.4 Å². The van der Waals surface area contributed by atoms with Crippen molar-refractivity contribution in [2.24, 2.45) is 10.4 Å². The number of hydrogen-bond donors (Lipinski definition) is 3. The molecule has 0 saturated heterocycles. The summed E-state index contributed by atoms with van der Waals surface area (Å²) in [5.41, 5.74) is 2.14. The largest absolute Gasteiger partial charge is 0.453 e. The number of rotatable bonds is 6. The second-order valence-corrected chi connectivity index (χ2v) is 7.38. The number of nitrogens with one attached hydrogen (secondary N) is 3. The average molecular weight is 476 g/mol. The fourth-order valence-corrected chi connectivity index (χ4v) is 2.21. The molecule has 0 aliphatic heterocycles. The van der Waals surface area contributed by atoms with Crippen LogP contribution in [0.1, 0.15) is 46.1 Å². The molecule has 148 valence electrons. The Morgan fingerprint density at radius 2 is 1.85 bits per heavy atom. The Bertz CT molecular complexity index is 568. The summed E-state index contributed by atoms with van der Waals surface area (Å²) in [6.07, 6.45) is 1.78. The van der Waals surface area contributed by atoms with E-state index >= 15 is 0 Å². The van der Waals surface area contributed by atoms with Crippen molar-refractivity contribution in [3.8, 4) is 0 Å². The Labute approximate surface area is 174 Å². The Hall–Kier alpha value is -1.51. The average Bonchev–Trinajstić information content (AvgIpc) is 2.57. The monoisotopic (exact) mass is 476 g/mol. The molecule has 1 aromatic carbocycles. The lowest BCUT2D eigenvalue weighted by molar-refractivity contribution is 0.187. The molecular weight excluding hydrogens is 443 g/mol. The minimum Gasteiger partial charge on any atom is -0.453 e. The number of guanidine groups is 1. The highest BCUT2D eigenvalue weighted by atomic mass is 127. The number of benzene rings is 1. The van der Waals surface area contributed by atoms with Crippen molar-refractivity contribution in [1.29, 1.82) is 0 Å². The van der Waals surface area contributed by atoms with Crippen LogP contribution in [0.3, 0.4) is 0 Å². The second kappa shape index (κ2) is 12.0. The fraction of sp³-hybridized carbons (Fsp3) is 0.579. The number of hydrogen-bond acceptors (Lipinski definition) is 3. The molecule has 0 aromatic heterocycles. The van der Waals surface area contributed by atoms with Crippen molar-refractivity contribution in [1.82, 2.24) is 10.6 Å². The van der Waals surface area contributed by atoms with Crippen LogP contribution in [0.4, 0.5) is 10.5 Å². The SMILES string of the molecule is CN=C(NCc1ccc(NC(=O)OC)cc1)NC(C)CCC(C)(C)C.I. The van der Waals surface area contributed by atoms with E-state index in [1.165, 1.54) is 7.11 Å². The number of nitrogens with zero attached hydrogens (tertiary/aromatic N) is 1. The van der Waals surface area contributed by atoms with Crippen molar-refractivity contribution in [3.63, 3.8) is 0 Å². The van der Waals surface area contributed by atoms with Crippen molar-refractivity contribution in [3.05, 3.63) is 29.8 Å². The maximum absolute atomic E-state index is 11.2. The van der Waals surface area contributed by atoms with Crippen LogP contribution in [0.15, 0.2) is 29.3 Å².